The maximum atomic E-state index is 11.1. The largest absolute Gasteiger partial charge is 0.375 e. The molecule has 0 radical (unpaired) electrons. The Bertz CT molecular complexity index is 616. The molecule has 214 valence electrons. The molecule has 0 aliphatic rings. The minimum atomic E-state index is -0.0383. The number of nitrogens with zero attached hydrogens (tertiary/aromatic N) is 1. The summed E-state index contributed by atoms with van der Waals surface area (Å²) in [5, 5.41) is 8.06. The summed E-state index contributed by atoms with van der Waals surface area (Å²) in [6.45, 7) is 3.72. The third kappa shape index (κ3) is 34.2. The number of hydrogen-bond acceptors (Lipinski definition) is 8. The second-order valence-electron chi connectivity index (χ2n) is 7.88. The molecule has 37 heavy (non-hydrogen) atoms. The predicted molar refractivity (Wildman–Crippen MR) is 155 cm³/mol. The van der Waals surface area contributed by atoms with Gasteiger partial charge in [-0.25, -0.2) is 0 Å². The number of carbonyl (C=O) groups is 3. The van der Waals surface area contributed by atoms with Crippen molar-refractivity contribution in [3.05, 3.63) is 30.6 Å². The van der Waals surface area contributed by atoms with Crippen LogP contribution in [-0.4, -0.2) is 69.1 Å². The average Bonchev–Trinajstić information content (AvgIpc) is 2.92. The molecule has 3 amide bonds. The van der Waals surface area contributed by atoms with Crippen molar-refractivity contribution >= 4 is 40.2 Å². The van der Waals surface area contributed by atoms with Gasteiger partial charge in [-0.15, -0.1) is 11.7 Å². The maximum absolute atomic E-state index is 11.1. The van der Waals surface area contributed by atoms with Gasteiger partial charge in [0.2, 0.25) is 17.7 Å². The fraction of sp³-hybridized carbons (Fsp3) is 0.692. The summed E-state index contributed by atoms with van der Waals surface area (Å²) >= 11 is 3.91. The van der Waals surface area contributed by atoms with E-state index in [0.29, 0.717) is 26.2 Å². The molecule has 1 heterocycles. The molecule has 0 fully saturated rings. The van der Waals surface area contributed by atoms with Gasteiger partial charge >= 0.3 is 0 Å². The van der Waals surface area contributed by atoms with E-state index in [9.17, 15) is 14.4 Å². The Kier molecular flexibility index (Phi) is 32.5. The molecule has 0 aliphatic heterocycles. The number of unbranched alkanes of at least 4 members (excludes halogenated alkanes) is 7. The standard InChI is InChI=1S/C15H30N2O3.C6H13NO2S2.C5H5N/c1-16-14(18)11-9-7-5-3-4-6-8-10-12-17-15(19)13-20-2;1-2-9-5-7-6(8)3-4-11-10;1-2-4-6-5-3-1/h3-13H2,1-2H3,(H,16,18)(H,17,19);10H,2-5H2,1H3,(H,7,8);1-5H. The van der Waals surface area contributed by atoms with Crippen LogP contribution < -0.4 is 16.0 Å². The van der Waals surface area contributed by atoms with E-state index in [2.05, 4.69) is 32.6 Å². The predicted octanol–water partition coefficient (Wildman–Crippen LogP) is 4.15. The minimum Gasteiger partial charge on any atom is -0.375 e. The van der Waals surface area contributed by atoms with E-state index < -0.39 is 0 Å². The van der Waals surface area contributed by atoms with Crippen LogP contribution in [0.1, 0.15) is 71.1 Å². The Morgan fingerprint density at radius 1 is 0.838 bits per heavy atom. The first-order valence-corrected chi connectivity index (χ1v) is 15.0. The van der Waals surface area contributed by atoms with Gasteiger partial charge in [0, 0.05) is 58.3 Å². The summed E-state index contributed by atoms with van der Waals surface area (Å²) in [4.78, 5) is 36.7. The van der Waals surface area contributed by atoms with E-state index >= 15 is 0 Å². The minimum absolute atomic E-state index is 0.0139. The molecular weight excluding hydrogens is 512 g/mol. The van der Waals surface area contributed by atoms with Gasteiger partial charge in [0.1, 0.15) is 13.3 Å². The summed E-state index contributed by atoms with van der Waals surface area (Å²) < 4.78 is 9.66. The highest BCUT2D eigenvalue weighted by Crippen LogP contribution is 2.09. The van der Waals surface area contributed by atoms with Crippen LogP contribution in [0.2, 0.25) is 0 Å². The molecule has 0 aliphatic carbocycles. The van der Waals surface area contributed by atoms with Crippen molar-refractivity contribution in [1.82, 2.24) is 20.9 Å². The van der Waals surface area contributed by atoms with Crippen molar-refractivity contribution in [3.8, 4) is 0 Å². The Morgan fingerprint density at radius 3 is 1.95 bits per heavy atom. The number of thiol groups is 1. The van der Waals surface area contributed by atoms with Gasteiger partial charge in [-0.05, 0) is 31.9 Å². The lowest BCUT2D eigenvalue weighted by molar-refractivity contribution is -0.125. The van der Waals surface area contributed by atoms with Gasteiger partial charge in [-0.3, -0.25) is 19.4 Å². The van der Waals surface area contributed by atoms with Gasteiger partial charge in [0.05, 0.1) is 0 Å². The molecule has 3 N–H and O–H groups in total. The van der Waals surface area contributed by atoms with Gasteiger partial charge in [-0.1, -0.05) is 55.4 Å². The highest BCUT2D eigenvalue weighted by molar-refractivity contribution is 8.68. The van der Waals surface area contributed by atoms with Crippen molar-refractivity contribution < 1.29 is 23.9 Å². The van der Waals surface area contributed by atoms with E-state index in [-0.39, 0.29) is 24.3 Å². The second-order valence-corrected chi connectivity index (χ2v) is 9.32. The molecular formula is C26H48N4O5S2. The number of ether oxygens (including phenoxy) is 2. The van der Waals surface area contributed by atoms with Crippen LogP contribution in [0.4, 0.5) is 0 Å². The molecule has 1 rings (SSSR count). The number of carbonyl (C=O) groups excluding carboxylic acids is 3. The SMILES string of the molecule is CCOCNC(=O)CCSS.CNC(=O)CCCCCCCCCCNC(=O)COC.c1ccncc1. The van der Waals surface area contributed by atoms with Crippen molar-refractivity contribution in [1.29, 1.82) is 0 Å². The lowest BCUT2D eigenvalue weighted by Gasteiger charge is -2.04. The zero-order valence-electron chi connectivity index (χ0n) is 22.8. The molecule has 0 unspecified atom stereocenters. The van der Waals surface area contributed by atoms with Gasteiger partial charge < -0.3 is 25.4 Å². The van der Waals surface area contributed by atoms with Crippen LogP contribution in [0, 0.1) is 0 Å². The molecule has 1 aromatic rings. The Balaban J connectivity index is 0. The molecule has 9 nitrogen and oxygen atoms in total. The topological polar surface area (TPSA) is 119 Å². The number of amides is 3. The fourth-order valence-electron chi connectivity index (χ4n) is 2.78. The van der Waals surface area contributed by atoms with Crippen LogP contribution in [0.5, 0.6) is 0 Å². The first-order valence-electron chi connectivity index (χ1n) is 12.9. The monoisotopic (exact) mass is 560 g/mol. The smallest absolute Gasteiger partial charge is 0.245 e. The number of rotatable bonds is 19. The third-order valence-corrected chi connectivity index (χ3v) is 5.70. The lowest BCUT2D eigenvalue weighted by atomic mass is 10.1. The van der Waals surface area contributed by atoms with E-state index in [1.807, 2.05) is 25.1 Å². The van der Waals surface area contributed by atoms with Crippen LogP contribution in [0.3, 0.4) is 0 Å². The first-order chi connectivity index (χ1) is 18.0. The molecule has 0 spiro atoms. The Morgan fingerprint density at radius 2 is 1.46 bits per heavy atom. The molecule has 0 saturated carbocycles. The van der Waals surface area contributed by atoms with Gasteiger partial charge in [0.15, 0.2) is 0 Å². The third-order valence-electron chi connectivity index (χ3n) is 4.77. The molecule has 11 heteroatoms. The summed E-state index contributed by atoms with van der Waals surface area (Å²) in [5.41, 5.74) is 0. The molecule has 0 aromatic carbocycles. The number of hydrogen-bond donors (Lipinski definition) is 4. The number of aromatic nitrogens is 1. The second kappa shape index (κ2) is 32.2. The number of pyridine rings is 1. The van der Waals surface area contributed by atoms with Gasteiger partial charge in [-0.2, -0.15) is 0 Å². The van der Waals surface area contributed by atoms with Crippen LogP contribution >= 0.6 is 22.5 Å². The Hall–Kier alpha value is -1.82. The van der Waals surface area contributed by atoms with Crippen molar-refractivity contribution in [2.45, 2.75) is 71.1 Å². The zero-order valence-corrected chi connectivity index (χ0v) is 24.5. The van der Waals surface area contributed by atoms with Crippen LogP contribution in [0.15, 0.2) is 30.6 Å². The van der Waals surface area contributed by atoms with E-state index in [1.165, 1.54) is 43.6 Å². The molecule has 1 aromatic heterocycles. The van der Waals surface area contributed by atoms with Crippen LogP contribution in [0.25, 0.3) is 0 Å². The molecule has 0 bridgehead atoms. The highest BCUT2D eigenvalue weighted by atomic mass is 33.1. The summed E-state index contributed by atoms with van der Waals surface area (Å²) in [6.07, 6.45) is 13.9. The Labute approximate surface area is 232 Å². The number of nitrogens with one attached hydrogen (secondary N) is 3. The van der Waals surface area contributed by atoms with E-state index in [0.717, 1.165) is 38.0 Å². The lowest BCUT2D eigenvalue weighted by Crippen LogP contribution is -2.27. The normalized spacial score (nSPS) is 9.73. The van der Waals surface area contributed by atoms with Gasteiger partial charge in [0.25, 0.3) is 0 Å². The summed E-state index contributed by atoms with van der Waals surface area (Å²) in [7, 11) is 4.56. The molecule has 0 saturated heterocycles. The zero-order chi connectivity index (χ0) is 27.8. The van der Waals surface area contributed by atoms with Crippen molar-refractivity contribution in [2.75, 3.05) is 46.4 Å². The van der Waals surface area contributed by atoms with Crippen LogP contribution in [-0.2, 0) is 23.9 Å². The van der Waals surface area contributed by atoms with E-state index in [4.69, 9.17) is 9.47 Å². The van der Waals surface area contributed by atoms with E-state index in [1.54, 1.807) is 19.4 Å². The maximum Gasteiger partial charge on any atom is 0.245 e. The number of methoxy groups -OCH3 is 1. The average molecular weight is 561 g/mol. The van der Waals surface area contributed by atoms with Crippen molar-refractivity contribution in [3.63, 3.8) is 0 Å². The highest BCUT2D eigenvalue weighted by Gasteiger charge is 1.99. The molecule has 0 atom stereocenters. The summed E-state index contributed by atoms with van der Waals surface area (Å²) in [6, 6.07) is 5.72. The summed E-state index contributed by atoms with van der Waals surface area (Å²) in [5.74, 6) is 0.852. The fourth-order valence-corrected chi connectivity index (χ4v) is 3.33. The quantitative estimate of drug-likeness (QED) is 0.0869. The van der Waals surface area contributed by atoms with Crippen molar-refractivity contribution in [2.24, 2.45) is 0 Å². The first kappa shape index (κ1) is 37.3.